The zero-order chi connectivity index (χ0) is 70.1. The third-order valence-corrected chi connectivity index (χ3v) is 20.1. The molecule has 8 bridgehead atoms. The van der Waals surface area contributed by atoms with E-state index >= 15 is 0 Å². The molecule has 5 rings (SSSR count). The van der Waals surface area contributed by atoms with Gasteiger partial charge in [0, 0.05) is 94.4 Å². The van der Waals surface area contributed by atoms with Crippen molar-refractivity contribution in [1.82, 2.24) is 19.6 Å². The lowest BCUT2D eigenvalue weighted by Crippen LogP contribution is -2.35. The molecule has 0 spiro atoms. The highest BCUT2D eigenvalue weighted by molar-refractivity contribution is 7.86. The second-order valence-electron chi connectivity index (χ2n) is 23.1. The van der Waals surface area contributed by atoms with Gasteiger partial charge in [-0.25, -0.2) is 0 Å². The molecule has 0 aromatic heterocycles. The van der Waals surface area contributed by atoms with Gasteiger partial charge in [-0.3, -0.25) is 57.0 Å². The Labute approximate surface area is 529 Å². The van der Waals surface area contributed by atoms with Crippen molar-refractivity contribution in [3.8, 4) is 46.0 Å². The fourth-order valence-electron chi connectivity index (χ4n) is 11.1. The van der Waals surface area contributed by atoms with Gasteiger partial charge < -0.3 is 61.3 Å². The smallest absolute Gasteiger partial charge is 0.320 e. The van der Waals surface area contributed by atoms with Gasteiger partial charge >= 0.3 is 23.9 Å². The Morgan fingerprint density at radius 3 is 0.565 bits per heavy atom. The summed E-state index contributed by atoms with van der Waals surface area (Å²) in [6, 6.07) is -2.61. The van der Waals surface area contributed by atoms with Gasteiger partial charge in [-0.05, 0) is 106 Å². The molecule has 0 amide bonds. The first kappa shape index (κ1) is 75.4. The third kappa shape index (κ3) is 17.7. The van der Waals surface area contributed by atoms with Crippen LogP contribution >= 0.6 is 0 Å². The summed E-state index contributed by atoms with van der Waals surface area (Å²) >= 11 is 0. The highest BCUT2D eigenvalue weighted by Gasteiger charge is 2.40. The zero-order valence-corrected chi connectivity index (χ0v) is 54.2. The molecule has 512 valence electrons. The quantitative estimate of drug-likeness (QED) is 0.0363. The molecule has 36 heteroatoms. The molecule has 16 N–H and O–H groups in total. The number of hydrogen-bond acceptors (Lipinski definition) is 24. The Morgan fingerprint density at radius 1 is 0.326 bits per heavy atom. The van der Waals surface area contributed by atoms with Crippen molar-refractivity contribution in [2.75, 3.05) is 51.2 Å². The maximum Gasteiger partial charge on any atom is 0.320 e. The van der Waals surface area contributed by atoms with Crippen molar-refractivity contribution >= 4 is 64.3 Å². The van der Waals surface area contributed by atoms with Crippen LogP contribution in [-0.4, -0.2) is 232 Å². The van der Waals surface area contributed by atoms with Crippen molar-refractivity contribution in [2.24, 2.45) is 0 Å². The molecule has 0 radical (unpaired) electrons. The van der Waals surface area contributed by atoms with Crippen LogP contribution in [0.3, 0.4) is 0 Å². The van der Waals surface area contributed by atoms with Gasteiger partial charge in [0.1, 0.15) is 70.2 Å². The van der Waals surface area contributed by atoms with Gasteiger partial charge in [-0.1, -0.05) is 0 Å². The third-order valence-electron chi connectivity index (χ3n) is 17.1. The molecule has 0 unspecified atom stereocenters. The van der Waals surface area contributed by atoms with Crippen molar-refractivity contribution in [1.29, 1.82) is 0 Å². The van der Waals surface area contributed by atoms with Crippen molar-refractivity contribution in [2.45, 2.75) is 127 Å². The summed E-state index contributed by atoms with van der Waals surface area (Å²) in [5, 5.41) is 143. The lowest BCUT2D eigenvalue weighted by molar-refractivity contribution is -0.143. The molecule has 0 saturated heterocycles. The normalized spacial score (nSPS) is 17.8. The van der Waals surface area contributed by atoms with E-state index in [2.05, 4.69) is 0 Å². The van der Waals surface area contributed by atoms with Crippen LogP contribution in [0.2, 0.25) is 0 Å². The van der Waals surface area contributed by atoms with E-state index in [1.165, 1.54) is 28.2 Å². The van der Waals surface area contributed by atoms with Gasteiger partial charge in [0.2, 0.25) is 0 Å². The minimum Gasteiger partial charge on any atom is -0.507 e. The number of aliphatic carboxylic acids is 4. The predicted octanol–water partition coefficient (Wildman–Crippen LogP) is 2.90. The van der Waals surface area contributed by atoms with E-state index in [0.717, 1.165) is 71.6 Å². The Morgan fingerprint density at radius 2 is 0.457 bits per heavy atom. The summed E-state index contributed by atoms with van der Waals surface area (Å²) in [4.78, 5) is 54.0. The van der Waals surface area contributed by atoms with Gasteiger partial charge in [0.25, 0.3) is 40.5 Å². The van der Waals surface area contributed by atoms with Crippen LogP contribution in [0.1, 0.15) is 144 Å². The highest BCUT2D eigenvalue weighted by Crippen LogP contribution is 2.56. The molecular weight excluding hydrogens is 1300 g/mol. The Hall–Kier alpha value is -7.36. The van der Waals surface area contributed by atoms with Crippen molar-refractivity contribution < 1.29 is 132 Å². The molecule has 32 nitrogen and oxygen atoms in total. The van der Waals surface area contributed by atoms with Crippen molar-refractivity contribution in [3.63, 3.8) is 0 Å². The number of fused-ring (bicyclic) bond motifs is 8. The molecule has 0 heterocycles. The second kappa shape index (κ2) is 28.9. The average Bonchev–Trinajstić information content (AvgIpc) is 0.744. The summed E-state index contributed by atoms with van der Waals surface area (Å²) in [6.07, 6.45) is -4.07. The SMILES string of the molecule is C[C@@H](C(=O)O)N(C)Cc1c(O)c2cc(c1O)C(CCS(=O)(=O)O)c1cc(c(O)c(CN(C)[C@@H](C)C(=O)O)c1O)C(CCS(=O)(=O)O)c1cc(c(O)c(CN(C)[C@@H](C)C(=O)O)c1O)C(CCS(=O)(=O)O)c1cc(c(O)c(CN(C)[C@@H](C)C(=O)O)c1O)C2CCS(=O)(=O)O. The number of phenols is 8. The van der Waals surface area contributed by atoms with E-state index in [1.54, 1.807) is 0 Å². The molecule has 1 aliphatic carbocycles. The number of phenolic OH excluding ortho intramolecular Hbond substituents is 8. The Kier molecular flexibility index (Phi) is 23.7. The van der Waals surface area contributed by atoms with Crippen molar-refractivity contribution in [3.05, 3.63) is 91.0 Å². The number of hydrogen-bond donors (Lipinski definition) is 16. The first-order chi connectivity index (χ1) is 42.1. The predicted molar refractivity (Wildman–Crippen MR) is 325 cm³/mol. The minimum atomic E-state index is -5.20. The molecule has 0 saturated carbocycles. The van der Waals surface area contributed by atoms with E-state index in [-0.39, 0.29) is 0 Å². The van der Waals surface area contributed by atoms with Crippen LogP contribution < -0.4 is 0 Å². The van der Waals surface area contributed by atoms with E-state index in [0.29, 0.717) is 0 Å². The van der Waals surface area contributed by atoms with Gasteiger partial charge in [0.05, 0.1) is 45.3 Å². The lowest BCUT2D eigenvalue weighted by Gasteiger charge is -2.33. The summed E-state index contributed by atoms with van der Waals surface area (Å²) in [7, 11) is -16.1. The van der Waals surface area contributed by atoms with Crippen LogP contribution in [0.5, 0.6) is 46.0 Å². The molecule has 4 aromatic rings. The van der Waals surface area contributed by atoms with Crippen LogP contribution in [0, 0.1) is 0 Å². The van der Waals surface area contributed by atoms with Crippen LogP contribution in [-0.2, 0) is 85.8 Å². The fraction of sp³-hybridized carbons (Fsp3) is 0.500. The summed E-state index contributed by atoms with van der Waals surface area (Å²) in [5.41, 5.74) is -8.13. The standard InChI is InChI=1S/C56H76N4O28S4/c1-25(53(69)70)57(5)21-41-45(61)33-17-34(46(41)62)30(10-14-90(80,81)82)36-19-38(50(66)43(48(36)64)23-59(7)27(3)55(73)74)32(12-16-92(86,87)88)40-20-39(51(67)44(52(40)68)24-60(8)28(4)56(75)76)31(11-15-91(83,84)85)37-18-35(29(33)9-13-89(77,78)79)47(63)42(49(37)65)22-58(6)26(2)54(71)72/h17-20,25-32,61-68H,9-16,21-24H2,1-8H3,(H,69,70)(H,71,72)(H,73,74)(H,75,76)(H,77,78,79)(H,80,81,82)(H,83,84,85)(H,86,87,88)/t25-,26-,27-,28-,29?,30?,31?,32?/m0/s1. The lowest BCUT2D eigenvalue weighted by atomic mass is 9.75. The van der Waals surface area contributed by atoms with Gasteiger partial charge in [-0.15, -0.1) is 0 Å². The number of aromatic hydroxyl groups is 8. The number of carboxylic acid groups (broad SMARTS) is 4. The number of likely N-dealkylation sites (N-methyl/N-ethyl adjacent to an activating group) is 4. The first-order valence-electron chi connectivity index (χ1n) is 27.9. The molecule has 4 aromatic carbocycles. The largest absolute Gasteiger partial charge is 0.507 e. The monoisotopic (exact) mass is 1380 g/mol. The number of nitrogens with zero attached hydrogens (tertiary/aromatic N) is 4. The maximum absolute atomic E-state index is 13.0. The van der Waals surface area contributed by atoms with Crippen LogP contribution in [0.25, 0.3) is 0 Å². The Bertz CT molecular complexity index is 3370. The number of carboxylic acids is 4. The summed E-state index contributed by atoms with van der Waals surface area (Å²) in [5.74, 6) is -28.1. The number of carbonyl (C=O) groups is 4. The zero-order valence-electron chi connectivity index (χ0n) is 50.9. The van der Waals surface area contributed by atoms with E-state index in [4.69, 9.17) is 0 Å². The van der Waals surface area contributed by atoms with E-state index < -0.39 is 300 Å². The molecule has 0 aliphatic heterocycles. The molecular formula is C56H76N4O28S4. The maximum atomic E-state index is 13.0. The highest BCUT2D eigenvalue weighted by atomic mass is 32.2. The number of rotatable bonds is 28. The molecule has 92 heavy (non-hydrogen) atoms. The molecule has 4 atom stereocenters. The summed E-state index contributed by atoms with van der Waals surface area (Å²) < 4.78 is 146. The average molecular weight is 1380 g/mol. The molecule has 1 aliphatic rings. The van der Waals surface area contributed by atoms with E-state index in [1.807, 2.05) is 0 Å². The van der Waals surface area contributed by atoms with E-state index in [9.17, 15) is 132 Å². The summed E-state index contributed by atoms with van der Waals surface area (Å²) in [6.45, 7) is 1.25. The van der Waals surface area contributed by atoms with Crippen LogP contribution in [0.4, 0.5) is 0 Å². The topological polar surface area (TPSA) is 541 Å². The van der Waals surface area contributed by atoms with Crippen LogP contribution in [0.15, 0.2) is 24.3 Å². The second-order valence-corrected chi connectivity index (χ2v) is 29.4. The first-order valence-corrected chi connectivity index (χ1v) is 34.4. The van der Waals surface area contributed by atoms with Gasteiger partial charge in [-0.2, -0.15) is 33.7 Å². The van der Waals surface area contributed by atoms with Gasteiger partial charge in [0.15, 0.2) is 0 Å². The Balaban J connectivity index is 2.35. The fourth-order valence-corrected chi connectivity index (χ4v) is 13.2. The minimum absolute atomic E-state index is 0.663. The molecule has 0 fully saturated rings. The number of benzene rings is 4.